The van der Waals surface area contributed by atoms with Gasteiger partial charge in [0, 0.05) is 0 Å². The molecule has 0 amide bonds. The molecule has 0 spiro atoms. The first-order chi connectivity index (χ1) is 10.0. The van der Waals surface area contributed by atoms with E-state index in [0.717, 1.165) is 11.8 Å². The second-order valence-corrected chi connectivity index (χ2v) is 7.84. The summed E-state index contributed by atoms with van der Waals surface area (Å²) in [4.78, 5) is 0. The summed E-state index contributed by atoms with van der Waals surface area (Å²) in [7, 11) is 0. The Morgan fingerprint density at radius 2 is 1.10 bits per heavy atom. The van der Waals surface area contributed by atoms with Gasteiger partial charge in [-0.1, -0.05) is 112 Å². The van der Waals surface area contributed by atoms with Crippen molar-refractivity contribution >= 4 is 0 Å². The van der Waals surface area contributed by atoms with Crippen molar-refractivity contribution in [3.8, 4) is 0 Å². The molecule has 0 fully saturated rings. The fourth-order valence-electron chi connectivity index (χ4n) is 3.81. The first-order valence-corrected chi connectivity index (χ1v) is 10.0. The fraction of sp³-hybridized carbons (Fsp3) is 1.00. The van der Waals surface area contributed by atoms with Crippen LogP contribution in [0.2, 0.25) is 0 Å². The Kier molecular flexibility index (Phi) is 12.5. The van der Waals surface area contributed by atoms with Gasteiger partial charge in [-0.25, -0.2) is 0 Å². The summed E-state index contributed by atoms with van der Waals surface area (Å²) in [5.74, 6) is 1.92. The third-order valence-corrected chi connectivity index (χ3v) is 5.71. The number of rotatable bonds is 14. The average Bonchev–Trinajstić information content (AvgIpc) is 2.48. The van der Waals surface area contributed by atoms with Gasteiger partial charge in [-0.2, -0.15) is 0 Å². The summed E-state index contributed by atoms with van der Waals surface area (Å²) in [5.41, 5.74) is 0.526. The Hall–Kier alpha value is 0. The van der Waals surface area contributed by atoms with Crippen molar-refractivity contribution in [1.29, 1.82) is 0 Å². The van der Waals surface area contributed by atoms with Crippen LogP contribution in [0.1, 0.15) is 119 Å². The van der Waals surface area contributed by atoms with Gasteiger partial charge >= 0.3 is 0 Å². The van der Waals surface area contributed by atoms with E-state index in [1.807, 2.05) is 0 Å². The van der Waals surface area contributed by atoms with Crippen molar-refractivity contribution in [2.45, 2.75) is 119 Å². The molecule has 0 rings (SSSR count). The van der Waals surface area contributed by atoms with Gasteiger partial charge in [0.1, 0.15) is 0 Å². The first-order valence-electron chi connectivity index (χ1n) is 10.0. The second-order valence-electron chi connectivity index (χ2n) is 7.84. The molecular weight excluding hydrogens is 252 g/mol. The van der Waals surface area contributed by atoms with Gasteiger partial charge < -0.3 is 0 Å². The molecule has 0 nitrogen and oxygen atoms in total. The minimum atomic E-state index is 0.526. The number of unbranched alkanes of at least 4 members (excludes halogenated alkanes) is 5. The van der Waals surface area contributed by atoms with Crippen LogP contribution < -0.4 is 0 Å². The molecule has 2 atom stereocenters. The highest BCUT2D eigenvalue weighted by atomic mass is 14.4. The largest absolute Gasteiger partial charge is 0.0654 e. The maximum absolute atomic E-state index is 2.53. The second kappa shape index (κ2) is 12.5. The van der Waals surface area contributed by atoms with E-state index in [1.54, 1.807) is 0 Å². The molecule has 128 valence electrons. The molecule has 0 aromatic rings. The predicted octanol–water partition coefficient (Wildman–Crippen LogP) is 8.01. The molecule has 0 aromatic carbocycles. The Bertz CT molecular complexity index is 216. The van der Waals surface area contributed by atoms with Crippen LogP contribution in [-0.4, -0.2) is 0 Å². The zero-order valence-corrected chi connectivity index (χ0v) is 16.1. The van der Waals surface area contributed by atoms with E-state index in [2.05, 4.69) is 41.5 Å². The zero-order valence-electron chi connectivity index (χ0n) is 16.1. The molecule has 0 bridgehead atoms. The zero-order chi connectivity index (χ0) is 16.1. The monoisotopic (exact) mass is 296 g/mol. The average molecular weight is 297 g/mol. The molecule has 0 heteroatoms. The maximum Gasteiger partial charge on any atom is -0.0326 e. The molecule has 0 aliphatic carbocycles. The highest BCUT2D eigenvalue weighted by Crippen LogP contribution is 2.43. The molecule has 21 heavy (non-hydrogen) atoms. The van der Waals surface area contributed by atoms with Crippen molar-refractivity contribution in [1.82, 2.24) is 0 Å². The van der Waals surface area contributed by atoms with Crippen LogP contribution >= 0.6 is 0 Å². The lowest BCUT2D eigenvalue weighted by atomic mass is 9.65. The quantitative estimate of drug-likeness (QED) is 0.285. The van der Waals surface area contributed by atoms with E-state index in [0.29, 0.717) is 5.41 Å². The summed E-state index contributed by atoms with van der Waals surface area (Å²) >= 11 is 0. The molecule has 0 aliphatic heterocycles. The lowest BCUT2D eigenvalue weighted by molar-refractivity contribution is 0.103. The van der Waals surface area contributed by atoms with Crippen LogP contribution in [0.25, 0.3) is 0 Å². The Labute approximate surface area is 136 Å². The summed E-state index contributed by atoms with van der Waals surface area (Å²) < 4.78 is 0. The minimum absolute atomic E-state index is 0.526. The molecule has 0 saturated heterocycles. The Morgan fingerprint density at radius 3 is 1.57 bits per heavy atom. The van der Waals surface area contributed by atoms with Crippen molar-refractivity contribution in [3.63, 3.8) is 0 Å². The molecule has 0 aromatic heterocycles. The lowest BCUT2D eigenvalue weighted by Crippen LogP contribution is -2.30. The molecule has 0 heterocycles. The third kappa shape index (κ3) is 8.89. The Morgan fingerprint density at radius 1 is 0.619 bits per heavy atom. The predicted molar refractivity (Wildman–Crippen MR) is 98.9 cm³/mol. The van der Waals surface area contributed by atoms with E-state index in [-0.39, 0.29) is 0 Å². The van der Waals surface area contributed by atoms with Gasteiger partial charge in [0.15, 0.2) is 0 Å². The third-order valence-electron chi connectivity index (χ3n) is 5.71. The normalized spacial score (nSPS) is 15.1. The van der Waals surface area contributed by atoms with Gasteiger partial charge in [0.05, 0.1) is 0 Å². The van der Waals surface area contributed by atoms with Crippen LogP contribution in [0.15, 0.2) is 0 Å². The van der Waals surface area contributed by atoms with Crippen molar-refractivity contribution < 1.29 is 0 Å². The van der Waals surface area contributed by atoms with Gasteiger partial charge in [-0.05, 0) is 23.7 Å². The first kappa shape index (κ1) is 21.0. The van der Waals surface area contributed by atoms with Gasteiger partial charge in [0.2, 0.25) is 0 Å². The topological polar surface area (TPSA) is 0 Å². The Balaban J connectivity index is 4.77. The van der Waals surface area contributed by atoms with E-state index in [4.69, 9.17) is 0 Å². The highest BCUT2D eigenvalue weighted by Gasteiger charge is 2.33. The van der Waals surface area contributed by atoms with Crippen molar-refractivity contribution in [2.75, 3.05) is 0 Å². The van der Waals surface area contributed by atoms with E-state index >= 15 is 0 Å². The van der Waals surface area contributed by atoms with Crippen molar-refractivity contribution in [3.05, 3.63) is 0 Å². The lowest BCUT2D eigenvalue weighted by Gasteiger charge is -2.40. The minimum Gasteiger partial charge on any atom is -0.0654 e. The van der Waals surface area contributed by atoms with Gasteiger partial charge in [-0.15, -0.1) is 0 Å². The molecule has 2 unspecified atom stereocenters. The smallest absolute Gasteiger partial charge is 0.0326 e. The summed E-state index contributed by atoms with van der Waals surface area (Å²) in [5, 5.41) is 0. The van der Waals surface area contributed by atoms with Crippen LogP contribution in [-0.2, 0) is 0 Å². The summed E-state index contributed by atoms with van der Waals surface area (Å²) in [6.45, 7) is 14.5. The van der Waals surface area contributed by atoms with E-state index < -0.39 is 0 Å². The molecule has 0 aliphatic rings. The molecule has 0 N–H and O–H groups in total. The maximum atomic E-state index is 2.53. The van der Waals surface area contributed by atoms with Crippen LogP contribution in [0, 0.1) is 17.3 Å². The van der Waals surface area contributed by atoms with Gasteiger partial charge in [0.25, 0.3) is 0 Å². The summed E-state index contributed by atoms with van der Waals surface area (Å²) in [6.07, 6.45) is 17.0. The molecule has 0 saturated carbocycles. The van der Waals surface area contributed by atoms with E-state index in [9.17, 15) is 0 Å². The number of hydrogen-bond donors (Lipinski definition) is 0. The van der Waals surface area contributed by atoms with Crippen LogP contribution in [0.3, 0.4) is 0 Å². The molecular formula is C21H44. The standard InChI is InChI=1S/C21H44/c1-7-11-14-17-19(16-13-9-3)20(18-15-12-8-2)21(5,6)10-4/h19-20H,7-18H2,1-6H3. The van der Waals surface area contributed by atoms with Gasteiger partial charge in [-0.3, -0.25) is 0 Å². The molecule has 0 radical (unpaired) electrons. The van der Waals surface area contributed by atoms with Crippen molar-refractivity contribution in [2.24, 2.45) is 17.3 Å². The van der Waals surface area contributed by atoms with Crippen LogP contribution in [0.4, 0.5) is 0 Å². The summed E-state index contributed by atoms with van der Waals surface area (Å²) in [6, 6.07) is 0. The fourth-order valence-corrected chi connectivity index (χ4v) is 3.81. The highest BCUT2D eigenvalue weighted by molar-refractivity contribution is 4.83. The van der Waals surface area contributed by atoms with Crippen LogP contribution in [0.5, 0.6) is 0 Å². The number of hydrogen-bond acceptors (Lipinski definition) is 0. The van der Waals surface area contributed by atoms with E-state index in [1.165, 1.54) is 77.0 Å². The SMILES string of the molecule is CCCCCC(CCCC)C(CCCCC)C(C)(C)CC.